The fourth-order valence-electron chi connectivity index (χ4n) is 5.92. The molecule has 144 valence electrons. The van der Waals surface area contributed by atoms with Crippen LogP contribution < -0.4 is 14.8 Å². The molecule has 5 aliphatic rings. The van der Waals surface area contributed by atoms with Gasteiger partial charge in [-0.1, -0.05) is 0 Å². The fraction of sp³-hybridized carbons (Fsp3) is 0.619. The molecule has 1 atom stereocenters. The van der Waals surface area contributed by atoms with E-state index in [0.717, 1.165) is 19.3 Å². The fourth-order valence-corrected chi connectivity index (χ4v) is 5.92. The van der Waals surface area contributed by atoms with E-state index in [1.54, 1.807) is 25.1 Å². The maximum atomic E-state index is 13.0. The van der Waals surface area contributed by atoms with E-state index < -0.39 is 6.10 Å². The first-order valence-corrected chi connectivity index (χ1v) is 9.92. The third-order valence-electron chi connectivity index (χ3n) is 6.76. The van der Waals surface area contributed by atoms with Gasteiger partial charge >= 0.3 is 5.97 Å². The van der Waals surface area contributed by atoms with E-state index in [2.05, 4.69) is 5.32 Å². The molecule has 1 amide bonds. The summed E-state index contributed by atoms with van der Waals surface area (Å²) < 4.78 is 16.3. The molecule has 6 rings (SSSR count). The maximum absolute atomic E-state index is 13.0. The lowest BCUT2D eigenvalue weighted by Gasteiger charge is -2.55. The average molecular weight is 371 g/mol. The molecule has 0 saturated heterocycles. The molecule has 1 aromatic carbocycles. The molecule has 27 heavy (non-hydrogen) atoms. The van der Waals surface area contributed by atoms with Gasteiger partial charge in [-0.25, -0.2) is 0 Å². The molecule has 0 radical (unpaired) electrons. The van der Waals surface area contributed by atoms with Crippen LogP contribution in [0.25, 0.3) is 0 Å². The van der Waals surface area contributed by atoms with Crippen molar-refractivity contribution in [1.29, 1.82) is 0 Å². The zero-order chi connectivity index (χ0) is 18.6. The highest BCUT2D eigenvalue weighted by molar-refractivity contribution is 5.95. The normalized spacial score (nSPS) is 33.6. The molecular weight excluding hydrogens is 346 g/mol. The highest BCUT2D eigenvalue weighted by Crippen LogP contribution is 2.60. The van der Waals surface area contributed by atoms with E-state index in [1.807, 2.05) is 0 Å². The van der Waals surface area contributed by atoms with E-state index in [9.17, 15) is 9.59 Å². The van der Waals surface area contributed by atoms with Gasteiger partial charge in [0.25, 0.3) is 5.91 Å². The van der Waals surface area contributed by atoms with Crippen LogP contribution in [-0.2, 0) is 14.3 Å². The molecule has 6 heteroatoms. The monoisotopic (exact) mass is 371 g/mol. The Morgan fingerprint density at radius 3 is 2.37 bits per heavy atom. The molecule has 1 heterocycles. The predicted molar refractivity (Wildman–Crippen MR) is 97.4 cm³/mol. The number of carbonyl (C=O) groups is 2. The van der Waals surface area contributed by atoms with E-state index in [1.165, 1.54) is 19.3 Å². The minimum absolute atomic E-state index is 0.171. The number of fused-ring (bicyclic) bond motifs is 1. The van der Waals surface area contributed by atoms with Crippen LogP contribution in [0.1, 0.15) is 45.4 Å². The highest BCUT2D eigenvalue weighted by atomic mass is 16.7. The Kier molecular flexibility index (Phi) is 3.85. The Labute approximate surface area is 158 Å². The van der Waals surface area contributed by atoms with Crippen LogP contribution in [0, 0.1) is 23.2 Å². The zero-order valence-electron chi connectivity index (χ0n) is 15.5. The Bertz CT molecular complexity index is 753. The first kappa shape index (κ1) is 16.9. The molecule has 0 aromatic heterocycles. The van der Waals surface area contributed by atoms with Crippen molar-refractivity contribution in [3.63, 3.8) is 0 Å². The number of ether oxygens (including phenoxy) is 3. The summed E-state index contributed by atoms with van der Waals surface area (Å²) in [7, 11) is 0. The van der Waals surface area contributed by atoms with E-state index in [4.69, 9.17) is 14.2 Å². The van der Waals surface area contributed by atoms with E-state index in [0.29, 0.717) is 34.9 Å². The molecular formula is C21H25NO5. The predicted octanol–water partition coefficient (Wildman–Crippen LogP) is 3.50. The Morgan fingerprint density at radius 2 is 1.70 bits per heavy atom. The number of amides is 1. The molecule has 1 aliphatic heterocycles. The summed E-state index contributed by atoms with van der Waals surface area (Å²) in [4.78, 5) is 25.5. The van der Waals surface area contributed by atoms with Gasteiger partial charge in [-0.05, 0) is 75.3 Å². The van der Waals surface area contributed by atoms with Gasteiger partial charge in [0, 0.05) is 11.8 Å². The third-order valence-corrected chi connectivity index (χ3v) is 6.76. The van der Waals surface area contributed by atoms with Gasteiger partial charge in [0.05, 0.1) is 5.41 Å². The third kappa shape index (κ3) is 2.95. The number of rotatable bonds is 4. The molecule has 1 aromatic rings. The van der Waals surface area contributed by atoms with Gasteiger partial charge in [-0.15, -0.1) is 0 Å². The van der Waals surface area contributed by atoms with Crippen molar-refractivity contribution in [2.45, 2.75) is 51.6 Å². The number of hydrogen-bond acceptors (Lipinski definition) is 5. The smallest absolute Gasteiger partial charge is 0.312 e. The summed E-state index contributed by atoms with van der Waals surface area (Å²) in [5.41, 5.74) is 0.254. The van der Waals surface area contributed by atoms with Crippen LogP contribution >= 0.6 is 0 Å². The zero-order valence-corrected chi connectivity index (χ0v) is 15.5. The quantitative estimate of drug-likeness (QED) is 0.820. The molecule has 4 aliphatic carbocycles. The Hall–Kier alpha value is -2.24. The maximum Gasteiger partial charge on any atom is 0.312 e. The molecule has 1 unspecified atom stereocenters. The summed E-state index contributed by atoms with van der Waals surface area (Å²) in [6.45, 7) is 1.83. The largest absolute Gasteiger partial charge is 0.454 e. The summed E-state index contributed by atoms with van der Waals surface area (Å²) in [5.74, 6) is 2.77. The summed E-state index contributed by atoms with van der Waals surface area (Å²) in [5, 5.41) is 2.80. The summed E-state index contributed by atoms with van der Waals surface area (Å²) in [6, 6.07) is 5.22. The molecule has 4 bridgehead atoms. The van der Waals surface area contributed by atoms with Crippen molar-refractivity contribution in [3.05, 3.63) is 18.2 Å². The SMILES string of the molecule is CC(OC(=O)C12CC3CC(CC(C3)C1)C2)C(=O)Nc1ccc2c(c1)OCO2. The first-order chi connectivity index (χ1) is 13.0. The summed E-state index contributed by atoms with van der Waals surface area (Å²) in [6.07, 6.45) is 5.80. The van der Waals surface area contributed by atoms with Gasteiger partial charge in [-0.2, -0.15) is 0 Å². The van der Waals surface area contributed by atoms with Crippen molar-refractivity contribution < 1.29 is 23.8 Å². The van der Waals surface area contributed by atoms with Crippen molar-refractivity contribution in [2.24, 2.45) is 23.2 Å². The first-order valence-electron chi connectivity index (χ1n) is 9.92. The number of anilines is 1. The molecule has 4 saturated carbocycles. The van der Waals surface area contributed by atoms with Crippen molar-refractivity contribution >= 4 is 17.6 Å². The number of nitrogens with one attached hydrogen (secondary N) is 1. The molecule has 0 spiro atoms. The van der Waals surface area contributed by atoms with E-state index in [-0.39, 0.29) is 24.1 Å². The Balaban J connectivity index is 1.23. The van der Waals surface area contributed by atoms with Gasteiger partial charge in [0.15, 0.2) is 17.6 Å². The van der Waals surface area contributed by atoms with Gasteiger partial charge < -0.3 is 19.5 Å². The van der Waals surface area contributed by atoms with Gasteiger partial charge in [0.1, 0.15) is 0 Å². The van der Waals surface area contributed by atoms with Gasteiger partial charge in [-0.3, -0.25) is 9.59 Å². The number of esters is 1. The van der Waals surface area contributed by atoms with Crippen LogP contribution in [0.3, 0.4) is 0 Å². The number of carbonyl (C=O) groups excluding carboxylic acids is 2. The second kappa shape index (κ2) is 6.14. The molecule has 1 N–H and O–H groups in total. The average Bonchev–Trinajstić information content (AvgIpc) is 3.08. The van der Waals surface area contributed by atoms with Crippen molar-refractivity contribution in [3.8, 4) is 11.5 Å². The molecule has 6 nitrogen and oxygen atoms in total. The molecule has 4 fully saturated rings. The highest BCUT2D eigenvalue weighted by Gasteiger charge is 2.55. The van der Waals surface area contributed by atoms with Crippen molar-refractivity contribution in [2.75, 3.05) is 12.1 Å². The van der Waals surface area contributed by atoms with Crippen LogP contribution in [0.15, 0.2) is 18.2 Å². The van der Waals surface area contributed by atoms with E-state index >= 15 is 0 Å². The lowest BCUT2D eigenvalue weighted by atomic mass is 9.49. The minimum Gasteiger partial charge on any atom is -0.454 e. The lowest BCUT2D eigenvalue weighted by molar-refractivity contribution is -0.177. The Morgan fingerprint density at radius 1 is 1.07 bits per heavy atom. The number of benzene rings is 1. The van der Waals surface area contributed by atoms with Crippen LogP contribution in [0.4, 0.5) is 5.69 Å². The second-order valence-corrected chi connectivity index (χ2v) is 8.80. The van der Waals surface area contributed by atoms with Gasteiger partial charge in [0.2, 0.25) is 6.79 Å². The topological polar surface area (TPSA) is 73.9 Å². The van der Waals surface area contributed by atoms with Crippen LogP contribution in [0.2, 0.25) is 0 Å². The lowest BCUT2D eigenvalue weighted by Crippen LogP contribution is -2.51. The van der Waals surface area contributed by atoms with Crippen LogP contribution in [0.5, 0.6) is 11.5 Å². The summed E-state index contributed by atoms with van der Waals surface area (Å²) >= 11 is 0. The number of hydrogen-bond donors (Lipinski definition) is 1. The standard InChI is InChI=1S/C21H25NO5/c1-12(19(23)22-16-2-3-17-18(7-16)26-11-25-17)27-20(24)21-8-13-4-14(9-21)6-15(5-13)10-21/h2-3,7,12-15H,4-6,8-11H2,1H3,(H,22,23). The minimum atomic E-state index is -0.823. The van der Waals surface area contributed by atoms with Crippen molar-refractivity contribution in [1.82, 2.24) is 0 Å². The second-order valence-electron chi connectivity index (χ2n) is 8.80. The van der Waals surface area contributed by atoms with Crippen LogP contribution in [-0.4, -0.2) is 24.8 Å².